The maximum atomic E-state index is 12.4. The van der Waals surface area contributed by atoms with Crippen LogP contribution in [0.1, 0.15) is 38.5 Å². The van der Waals surface area contributed by atoms with Gasteiger partial charge in [-0.15, -0.1) is 0 Å². The predicted molar refractivity (Wildman–Crippen MR) is 64.6 cm³/mol. The van der Waals surface area contributed by atoms with Crippen LogP contribution in [0, 0.1) is 5.92 Å². The molecule has 98 valence electrons. The fourth-order valence-corrected chi connectivity index (χ4v) is 2.59. The molecule has 1 saturated heterocycles. The van der Waals surface area contributed by atoms with Crippen LogP contribution in [0.4, 0.5) is 0 Å². The van der Waals surface area contributed by atoms with Crippen LogP contribution in [0.3, 0.4) is 0 Å². The Kier molecular flexibility index (Phi) is 4.80. The number of aliphatic hydroxyl groups excluding tert-OH is 1. The van der Waals surface area contributed by atoms with E-state index in [1.807, 2.05) is 4.90 Å². The van der Waals surface area contributed by atoms with Crippen LogP contribution >= 0.6 is 0 Å². The molecule has 1 N–H and O–H groups in total. The molecule has 1 aliphatic heterocycles. The summed E-state index contributed by atoms with van der Waals surface area (Å²) in [7, 11) is 0. The van der Waals surface area contributed by atoms with Gasteiger partial charge in [0.15, 0.2) is 0 Å². The van der Waals surface area contributed by atoms with Crippen molar-refractivity contribution in [3.05, 3.63) is 0 Å². The van der Waals surface area contributed by atoms with Gasteiger partial charge in [-0.05, 0) is 38.5 Å². The van der Waals surface area contributed by atoms with Crippen LogP contribution in [-0.4, -0.2) is 48.3 Å². The molecule has 0 atom stereocenters. The lowest BCUT2D eigenvalue weighted by atomic mass is 9.89. The summed E-state index contributed by atoms with van der Waals surface area (Å²) in [5.74, 6) is 0.453. The first kappa shape index (κ1) is 12.8. The van der Waals surface area contributed by atoms with Crippen LogP contribution in [0.2, 0.25) is 0 Å². The van der Waals surface area contributed by atoms with Gasteiger partial charge in [-0.1, -0.05) is 0 Å². The van der Waals surface area contributed by atoms with Crippen LogP contribution in [0.25, 0.3) is 0 Å². The minimum absolute atomic E-state index is 0.156. The van der Waals surface area contributed by atoms with E-state index in [4.69, 9.17) is 9.84 Å². The molecule has 0 radical (unpaired) electrons. The van der Waals surface area contributed by atoms with Crippen LogP contribution < -0.4 is 0 Å². The Bertz CT molecular complexity index is 247. The summed E-state index contributed by atoms with van der Waals surface area (Å²) < 4.78 is 5.30. The first-order chi connectivity index (χ1) is 8.33. The van der Waals surface area contributed by atoms with Gasteiger partial charge in [0, 0.05) is 38.3 Å². The van der Waals surface area contributed by atoms with Crippen LogP contribution in [0.5, 0.6) is 0 Å². The molecule has 2 rings (SSSR count). The van der Waals surface area contributed by atoms with Gasteiger partial charge in [-0.3, -0.25) is 4.79 Å². The Morgan fingerprint density at radius 3 is 2.47 bits per heavy atom. The lowest BCUT2D eigenvalue weighted by Crippen LogP contribution is -2.48. The molecule has 0 aromatic rings. The minimum Gasteiger partial charge on any atom is -0.396 e. The molecule has 17 heavy (non-hydrogen) atoms. The maximum Gasteiger partial charge on any atom is 0.226 e. The van der Waals surface area contributed by atoms with Gasteiger partial charge in [-0.2, -0.15) is 0 Å². The summed E-state index contributed by atoms with van der Waals surface area (Å²) in [4.78, 5) is 14.5. The average Bonchev–Trinajstić information content (AvgIpc) is 2.32. The summed E-state index contributed by atoms with van der Waals surface area (Å²) in [6.07, 6.45) is 5.94. The highest BCUT2D eigenvalue weighted by atomic mass is 16.5. The largest absolute Gasteiger partial charge is 0.396 e. The molecule has 1 aliphatic carbocycles. The highest BCUT2D eigenvalue weighted by Gasteiger charge is 2.33. The Balaban J connectivity index is 1.90. The highest BCUT2D eigenvalue weighted by Crippen LogP contribution is 2.28. The second kappa shape index (κ2) is 6.36. The molecule has 2 aliphatic rings. The van der Waals surface area contributed by atoms with E-state index in [1.54, 1.807) is 0 Å². The van der Waals surface area contributed by atoms with E-state index in [-0.39, 0.29) is 12.5 Å². The van der Waals surface area contributed by atoms with E-state index in [2.05, 4.69) is 0 Å². The molecule has 0 aromatic heterocycles. The number of carbonyl (C=O) groups excluding carboxylic acids is 1. The molecule has 0 bridgehead atoms. The van der Waals surface area contributed by atoms with Crippen molar-refractivity contribution in [2.45, 2.75) is 44.6 Å². The average molecular weight is 241 g/mol. The number of amides is 1. The Labute approximate surface area is 103 Å². The zero-order chi connectivity index (χ0) is 12.1. The summed E-state index contributed by atoms with van der Waals surface area (Å²) in [5.41, 5.74) is 0. The van der Waals surface area contributed by atoms with Crippen molar-refractivity contribution in [2.24, 2.45) is 5.92 Å². The van der Waals surface area contributed by atoms with Crippen molar-refractivity contribution < 1.29 is 14.6 Å². The van der Waals surface area contributed by atoms with Gasteiger partial charge in [0.25, 0.3) is 0 Å². The van der Waals surface area contributed by atoms with E-state index < -0.39 is 0 Å². The third-order valence-electron chi connectivity index (χ3n) is 3.93. The second-order valence-corrected chi connectivity index (χ2v) is 5.08. The molecule has 4 heteroatoms. The lowest BCUT2D eigenvalue weighted by Gasteiger charge is -2.40. The van der Waals surface area contributed by atoms with Gasteiger partial charge < -0.3 is 14.7 Å². The maximum absolute atomic E-state index is 12.4. The van der Waals surface area contributed by atoms with Crippen molar-refractivity contribution in [1.82, 2.24) is 4.90 Å². The van der Waals surface area contributed by atoms with Crippen LogP contribution in [0.15, 0.2) is 0 Å². The fourth-order valence-electron chi connectivity index (χ4n) is 2.59. The molecule has 0 unspecified atom stereocenters. The fraction of sp³-hybridized carbons (Fsp3) is 0.923. The second-order valence-electron chi connectivity index (χ2n) is 5.08. The first-order valence-corrected chi connectivity index (χ1v) is 6.82. The van der Waals surface area contributed by atoms with Gasteiger partial charge in [0.1, 0.15) is 0 Å². The van der Waals surface area contributed by atoms with Gasteiger partial charge in [-0.25, -0.2) is 0 Å². The monoisotopic (exact) mass is 241 g/mol. The molecule has 0 spiro atoms. The Hall–Kier alpha value is -0.610. The zero-order valence-corrected chi connectivity index (χ0v) is 10.4. The molecule has 1 heterocycles. The molecule has 1 amide bonds. The van der Waals surface area contributed by atoms with E-state index in [0.29, 0.717) is 18.4 Å². The SMILES string of the molecule is O=C(C1CCOCC1)N(CCCO)C1CCC1. The number of nitrogens with zero attached hydrogens (tertiary/aromatic N) is 1. The number of rotatable bonds is 5. The zero-order valence-electron chi connectivity index (χ0n) is 10.4. The number of hydrogen-bond acceptors (Lipinski definition) is 3. The lowest BCUT2D eigenvalue weighted by molar-refractivity contribution is -0.142. The highest BCUT2D eigenvalue weighted by molar-refractivity contribution is 5.79. The quantitative estimate of drug-likeness (QED) is 0.786. The summed E-state index contributed by atoms with van der Waals surface area (Å²) >= 11 is 0. The van der Waals surface area contributed by atoms with Crippen molar-refractivity contribution >= 4 is 5.91 Å². The van der Waals surface area contributed by atoms with Gasteiger partial charge in [0.2, 0.25) is 5.91 Å². The number of hydrogen-bond donors (Lipinski definition) is 1. The first-order valence-electron chi connectivity index (χ1n) is 6.82. The van der Waals surface area contributed by atoms with Crippen molar-refractivity contribution in [1.29, 1.82) is 0 Å². The minimum atomic E-state index is 0.156. The number of carbonyl (C=O) groups is 1. The molecule has 1 saturated carbocycles. The van der Waals surface area contributed by atoms with Gasteiger partial charge >= 0.3 is 0 Å². The smallest absolute Gasteiger partial charge is 0.226 e. The standard InChI is InChI=1S/C13H23NO3/c15-8-2-7-14(12-3-1-4-12)13(16)11-5-9-17-10-6-11/h11-12,15H,1-10H2. The van der Waals surface area contributed by atoms with Crippen molar-refractivity contribution in [3.8, 4) is 0 Å². The van der Waals surface area contributed by atoms with E-state index in [9.17, 15) is 4.79 Å². The van der Waals surface area contributed by atoms with Gasteiger partial charge in [0.05, 0.1) is 0 Å². The molecular formula is C13H23NO3. The Morgan fingerprint density at radius 2 is 1.94 bits per heavy atom. The van der Waals surface area contributed by atoms with E-state index in [0.717, 1.165) is 45.4 Å². The third-order valence-corrected chi connectivity index (χ3v) is 3.93. The number of aliphatic hydroxyl groups is 1. The number of ether oxygens (including phenoxy) is 1. The molecule has 4 nitrogen and oxygen atoms in total. The van der Waals surface area contributed by atoms with E-state index >= 15 is 0 Å². The summed E-state index contributed by atoms with van der Waals surface area (Å²) in [6, 6.07) is 0.442. The van der Waals surface area contributed by atoms with Crippen molar-refractivity contribution in [2.75, 3.05) is 26.4 Å². The predicted octanol–water partition coefficient (Wildman–Crippen LogP) is 1.18. The summed E-state index contributed by atoms with van der Waals surface area (Å²) in [5, 5.41) is 8.92. The molecule has 0 aromatic carbocycles. The topological polar surface area (TPSA) is 49.8 Å². The van der Waals surface area contributed by atoms with Crippen molar-refractivity contribution in [3.63, 3.8) is 0 Å². The Morgan fingerprint density at radius 1 is 1.24 bits per heavy atom. The molecular weight excluding hydrogens is 218 g/mol. The van der Waals surface area contributed by atoms with E-state index in [1.165, 1.54) is 6.42 Å². The summed E-state index contributed by atoms with van der Waals surface area (Å²) in [6.45, 7) is 2.32. The normalized spacial score (nSPS) is 22.2. The van der Waals surface area contributed by atoms with Crippen LogP contribution in [-0.2, 0) is 9.53 Å². The third kappa shape index (κ3) is 3.19. The molecule has 2 fully saturated rings.